The van der Waals surface area contributed by atoms with E-state index in [4.69, 9.17) is 6.42 Å². The molecule has 0 aromatic heterocycles. The van der Waals surface area contributed by atoms with E-state index in [1.807, 2.05) is 5.92 Å². The van der Waals surface area contributed by atoms with Crippen molar-refractivity contribution in [2.24, 2.45) is 0 Å². The van der Waals surface area contributed by atoms with Crippen LogP contribution in [0.25, 0.3) is 0 Å². The highest BCUT2D eigenvalue weighted by molar-refractivity contribution is 6.05. The van der Waals surface area contributed by atoms with Crippen molar-refractivity contribution in [2.45, 2.75) is 32.0 Å². The zero-order chi connectivity index (χ0) is 17.3. The number of hydrogen-bond acceptors (Lipinski definition) is 4. The van der Waals surface area contributed by atoms with Gasteiger partial charge in [-0.3, -0.25) is 24.5 Å². The minimum atomic E-state index is -0.657. The summed E-state index contributed by atoms with van der Waals surface area (Å²) in [6.07, 6.45) is 5.54. The van der Waals surface area contributed by atoms with E-state index < -0.39 is 17.9 Å². The molecule has 4 amide bonds. The molecule has 0 saturated carbocycles. The molecule has 0 radical (unpaired) electrons. The summed E-state index contributed by atoms with van der Waals surface area (Å²) in [5, 5.41) is 4.84. The maximum Gasteiger partial charge on any atom is 0.295 e. The highest BCUT2D eigenvalue weighted by atomic mass is 16.2. The van der Waals surface area contributed by atoms with Crippen LogP contribution in [0.15, 0.2) is 18.2 Å². The molecular weight excluding hydrogens is 310 g/mol. The molecule has 1 aromatic rings. The van der Waals surface area contributed by atoms with Crippen molar-refractivity contribution in [2.75, 3.05) is 0 Å². The van der Waals surface area contributed by atoms with Crippen LogP contribution in [0, 0.1) is 12.3 Å². The quantitative estimate of drug-likeness (QED) is 0.589. The molecule has 2 N–H and O–H groups in total. The lowest BCUT2D eigenvalue weighted by Gasteiger charge is -2.29. The van der Waals surface area contributed by atoms with Gasteiger partial charge in [-0.25, -0.2) is 0 Å². The predicted molar refractivity (Wildman–Crippen MR) is 83.2 cm³/mol. The Kier molecular flexibility index (Phi) is 4.04. The fraction of sp³-hybridized carbons (Fsp3) is 0.294. The summed E-state index contributed by atoms with van der Waals surface area (Å²) in [5.41, 5.74) is 2.05. The van der Waals surface area contributed by atoms with Crippen LogP contribution in [0.1, 0.15) is 34.3 Å². The van der Waals surface area contributed by atoms with Crippen molar-refractivity contribution >= 4 is 23.6 Å². The van der Waals surface area contributed by atoms with Gasteiger partial charge in [-0.15, -0.1) is 6.42 Å². The summed E-state index contributed by atoms with van der Waals surface area (Å²) in [7, 11) is 0. The minimum absolute atomic E-state index is 0.210. The number of hydrogen-bond donors (Lipinski definition) is 2. The smallest absolute Gasteiger partial charge is 0.295 e. The van der Waals surface area contributed by atoms with Gasteiger partial charge in [0, 0.05) is 25.1 Å². The molecule has 3 rings (SSSR count). The van der Waals surface area contributed by atoms with Gasteiger partial charge in [-0.2, -0.15) is 0 Å². The lowest BCUT2D eigenvalue weighted by molar-refractivity contribution is -0.136. The topological polar surface area (TPSA) is 95.6 Å². The Morgan fingerprint density at radius 1 is 1.38 bits per heavy atom. The van der Waals surface area contributed by atoms with Gasteiger partial charge in [-0.05, 0) is 29.5 Å². The maximum absolute atomic E-state index is 12.6. The van der Waals surface area contributed by atoms with Gasteiger partial charge in [0.2, 0.25) is 11.8 Å². The van der Waals surface area contributed by atoms with Crippen molar-refractivity contribution in [3.8, 4) is 12.3 Å². The standard InChI is InChI=1S/C17H15N3O4/c1-2-14(21)18-8-10-4-3-5-11-12(10)9-20(17(11)24)13-6-7-15(22)19-16(13)23/h1,3-5,13H,6-9H2,(H,18,21)(H,19,22,23). The molecule has 1 fully saturated rings. The molecular formula is C17H15N3O4. The third-order valence-corrected chi connectivity index (χ3v) is 4.25. The second kappa shape index (κ2) is 6.16. The Bertz CT molecular complexity index is 794. The van der Waals surface area contributed by atoms with Crippen molar-refractivity contribution in [3.63, 3.8) is 0 Å². The SMILES string of the molecule is C#CC(=O)NCc1cccc2c1CN(C1CCC(=O)NC1=O)C2=O. The Labute approximate surface area is 138 Å². The van der Waals surface area contributed by atoms with Crippen molar-refractivity contribution in [3.05, 3.63) is 34.9 Å². The summed E-state index contributed by atoms with van der Waals surface area (Å²) in [6, 6.07) is 4.56. The number of fused-ring (bicyclic) bond motifs is 1. The van der Waals surface area contributed by atoms with E-state index in [-0.39, 0.29) is 31.3 Å². The van der Waals surface area contributed by atoms with Crippen LogP contribution < -0.4 is 10.6 Å². The summed E-state index contributed by atoms with van der Waals surface area (Å²) >= 11 is 0. The van der Waals surface area contributed by atoms with Crippen LogP contribution in [0.3, 0.4) is 0 Å². The number of terminal acetylenes is 1. The van der Waals surface area contributed by atoms with E-state index in [0.717, 1.165) is 11.1 Å². The van der Waals surface area contributed by atoms with Crippen LogP contribution >= 0.6 is 0 Å². The molecule has 1 aromatic carbocycles. The van der Waals surface area contributed by atoms with Gasteiger partial charge < -0.3 is 10.2 Å². The number of rotatable bonds is 3. The second-order valence-electron chi connectivity index (χ2n) is 5.67. The van der Waals surface area contributed by atoms with E-state index in [0.29, 0.717) is 12.0 Å². The molecule has 1 atom stereocenters. The van der Waals surface area contributed by atoms with Gasteiger partial charge in [0.05, 0.1) is 0 Å². The Morgan fingerprint density at radius 2 is 2.17 bits per heavy atom. The number of nitrogens with one attached hydrogen (secondary N) is 2. The second-order valence-corrected chi connectivity index (χ2v) is 5.67. The fourth-order valence-electron chi connectivity index (χ4n) is 3.04. The first-order valence-corrected chi connectivity index (χ1v) is 7.51. The van der Waals surface area contributed by atoms with Gasteiger partial charge in [0.25, 0.3) is 11.8 Å². The number of piperidine rings is 1. The Morgan fingerprint density at radius 3 is 2.88 bits per heavy atom. The van der Waals surface area contributed by atoms with Crippen molar-refractivity contribution in [1.82, 2.24) is 15.5 Å². The van der Waals surface area contributed by atoms with Crippen molar-refractivity contribution < 1.29 is 19.2 Å². The first-order valence-electron chi connectivity index (χ1n) is 7.51. The summed E-state index contributed by atoms with van der Waals surface area (Å²) in [6.45, 7) is 0.477. The molecule has 2 heterocycles. The van der Waals surface area contributed by atoms with E-state index in [1.165, 1.54) is 4.90 Å². The van der Waals surface area contributed by atoms with E-state index in [1.54, 1.807) is 18.2 Å². The highest BCUT2D eigenvalue weighted by Gasteiger charge is 2.39. The molecule has 2 aliphatic rings. The molecule has 1 saturated heterocycles. The molecule has 0 bridgehead atoms. The lowest BCUT2D eigenvalue weighted by atomic mass is 10.0. The zero-order valence-corrected chi connectivity index (χ0v) is 12.8. The van der Waals surface area contributed by atoms with Gasteiger partial charge in [0.15, 0.2) is 0 Å². The van der Waals surface area contributed by atoms with Crippen LogP contribution in [0.4, 0.5) is 0 Å². The number of amides is 4. The van der Waals surface area contributed by atoms with Gasteiger partial charge >= 0.3 is 0 Å². The Hall–Kier alpha value is -3.14. The first kappa shape index (κ1) is 15.7. The van der Waals surface area contributed by atoms with Gasteiger partial charge in [0.1, 0.15) is 6.04 Å². The van der Waals surface area contributed by atoms with E-state index in [9.17, 15) is 19.2 Å². The molecule has 2 aliphatic heterocycles. The van der Waals surface area contributed by atoms with Crippen molar-refractivity contribution in [1.29, 1.82) is 0 Å². The zero-order valence-electron chi connectivity index (χ0n) is 12.8. The highest BCUT2D eigenvalue weighted by Crippen LogP contribution is 2.29. The normalized spacial score (nSPS) is 19.5. The molecule has 7 nitrogen and oxygen atoms in total. The molecule has 122 valence electrons. The van der Waals surface area contributed by atoms with Crippen LogP contribution in [-0.2, 0) is 27.5 Å². The summed E-state index contributed by atoms with van der Waals surface area (Å²) < 4.78 is 0. The number of nitrogens with zero attached hydrogens (tertiary/aromatic N) is 1. The molecule has 1 unspecified atom stereocenters. The third kappa shape index (κ3) is 2.74. The number of carbonyl (C=O) groups excluding carboxylic acids is 4. The average molecular weight is 325 g/mol. The summed E-state index contributed by atoms with van der Waals surface area (Å²) in [4.78, 5) is 48.6. The monoisotopic (exact) mass is 325 g/mol. The lowest BCUT2D eigenvalue weighted by Crippen LogP contribution is -2.52. The van der Waals surface area contributed by atoms with Crippen LogP contribution in [0.5, 0.6) is 0 Å². The number of carbonyl (C=O) groups is 4. The molecule has 0 spiro atoms. The minimum Gasteiger partial charge on any atom is -0.341 e. The molecule has 7 heteroatoms. The third-order valence-electron chi connectivity index (χ3n) is 4.25. The Balaban J connectivity index is 1.82. The summed E-state index contributed by atoms with van der Waals surface area (Å²) in [5.74, 6) is 0.425. The molecule has 0 aliphatic carbocycles. The van der Waals surface area contributed by atoms with E-state index in [2.05, 4.69) is 10.6 Å². The number of benzene rings is 1. The molecule has 24 heavy (non-hydrogen) atoms. The number of imide groups is 1. The first-order chi connectivity index (χ1) is 11.5. The van der Waals surface area contributed by atoms with Gasteiger partial charge in [-0.1, -0.05) is 12.1 Å². The maximum atomic E-state index is 12.6. The predicted octanol–water partition coefficient (Wildman–Crippen LogP) is -0.303. The largest absolute Gasteiger partial charge is 0.341 e. The van der Waals surface area contributed by atoms with E-state index >= 15 is 0 Å². The van der Waals surface area contributed by atoms with Crippen LogP contribution in [-0.4, -0.2) is 34.6 Å². The van der Waals surface area contributed by atoms with Crippen LogP contribution in [0.2, 0.25) is 0 Å². The fourth-order valence-corrected chi connectivity index (χ4v) is 3.04. The average Bonchev–Trinajstić information content (AvgIpc) is 2.90.